The van der Waals surface area contributed by atoms with Crippen LogP contribution in [0, 0.1) is 34.5 Å². The minimum Gasteiger partial charge on any atom is -0.390 e. The second-order valence-corrected chi connectivity index (χ2v) is 12.9. The zero-order valence-electron chi connectivity index (χ0n) is 20.7. The lowest BCUT2D eigenvalue weighted by atomic mass is 9.47. The van der Waals surface area contributed by atoms with Crippen LogP contribution in [0.3, 0.4) is 0 Å². The third-order valence-corrected chi connectivity index (χ3v) is 10.9. The molecule has 31 heavy (non-hydrogen) atoms. The smallest absolute Gasteiger partial charge is 0.0625 e. The van der Waals surface area contributed by atoms with E-state index in [1.807, 2.05) is 0 Å². The van der Waals surface area contributed by atoms with Crippen molar-refractivity contribution in [3.05, 3.63) is 11.6 Å². The van der Waals surface area contributed by atoms with Gasteiger partial charge < -0.3 is 14.7 Å². The molecule has 1 heterocycles. The van der Waals surface area contributed by atoms with E-state index in [4.69, 9.17) is 4.74 Å². The van der Waals surface area contributed by atoms with E-state index in [1.165, 1.54) is 77.3 Å². The van der Waals surface area contributed by atoms with Gasteiger partial charge in [0.05, 0.1) is 18.3 Å². The van der Waals surface area contributed by atoms with Gasteiger partial charge in [-0.1, -0.05) is 25.5 Å². The Bertz CT molecular complexity index is 690. The van der Waals surface area contributed by atoms with Crippen molar-refractivity contribution in [1.29, 1.82) is 0 Å². The first-order valence-corrected chi connectivity index (χ1v) is 13.5. The van der Waals surface area contributed by atoms with Crippen LogP contribution >= 0.6 is 0 Å². The van der Waals surface area contributed by atoms with E-state index in [2.05, 4.69) is 38.7 Å². The summed E-state index contributed by atoms with van der Waals surface area (Å²) in [6, 6.07) is 0. The van der Waals surface area contributed by atoms with Crippen molar-refractivity contribution in [3.63, 3.8) is 0 Å². The van der Waals surface area contributed by atoms with E-state index in [0.717, 1.165) is 30.9 Å². The maximum absolute atomic E-state index is 10.9. The summed E-state index contributed by atoms with van der Waals surface area (Å²) in [7, 11) is 0. The average molecular weight is 430 g/mol. The first-order valence-electron chi connectivity index (χ1n) is 13.5. The number of rotatable bonds is 5. The third kappa shape index (κ3) is 3.85. The molecule has 4 aliphatic carbocycles. The molecule has 0 radical (unpaired) electrons. The van der Waals surface area contributed by atoms with Crippen LogP contribution in [-0.4, -0.2) is 48.0 Å². The van der Waals surface area contributed by atoms with Gasteiger partial charge in [-0.2, -0.15) is 0 Å². The van der Waals surface area contributed by atoms with Crippen molar-refractivity contribution in [3.8, 4) is 0 Å². The van der Waals surface area contributed by atoms with Crippen molar-refractivity contribution >= 4 is 0 Å². The van der Waals surface area contributed by atoms with Gasteiger partial charge in [0.2, 0.25) is 0 Å². The molecule has 0 aromatic rings. The molecule has 7 atom stereocenters. The normalized spacial score (nSPS) is 45.7. The number of ether oxygens (including phenoxy) is 1. The first kappa shape index (κ1) is 22.4. The second-order valence-electron chi connectivity index (χ2n) is 12.9. The zero-order valence-corrected chi connectivity index (χ0v) is 20.7. The largest absolute Gasteiger partial charge is 0.390 e. The second kappa shape index (κ2) is 8.13. The highest BCUT2D eigenvalue weighted by atomic mass is 16.5. The highest BCUT2D eigenvalue weighted by molar-refractivity contribution is 5.25. The molecule has 176 valence electrons. The van der Waals surface area contributed by atoms with E-state index in [0.29, 0.717) is 22.9 Å². The molecular formula is C28H47NO2. The maximum atomic E-state index is 10.9. The van der Waals surface area contributed by atoms with Crippen molar-refractivity contribution in [1.82, 2.24) is 4.90 Å². The van der Waals surface area contributed by atoms with Crippen LogP contribution in [0.25, 0.3) is 0 Å². The summed E-state index contributed by atoms with van der Waals surface area (Å²) in [5, 5.41) is 10.9. The van der Waals surface area contributed by atoms with Gasteiger partial charge in [-0.15, -0.1) is 0 Å². The van der Waals surface area contributed by atoms with Gasteiger partial charge in [0.1, 0.15) is 0 Å². The Morgan fingerprint density at radius 2 is 1.84 bits per heavy atom. The fourth-order valence-corrected chi connectivity index (χ4v) is 9.28. The fourth-order valence-electron chi connectivity index (χ4n) is 9.28. The lowest BCUT2D eigenvalue weighted by Crippen LogP contribution is -2.52. The Labute approximate surface area is 191 Å². The molecule has 0 amide bonds. The molecule has 3 heteroatoms. The Hall–Kier alpha value is -0.380. The SMILES string of the molecule is CC(C)(O)C1CCC2C3CC=C4CC(OCCN5CCCC5)CCC4(C)C3CCC21C. The number of allylic oxidation sites excluding steroid dienone is 1. The van der Waals surface area contributed by atoms with Crippen LogP contribution < -0.4 is 0 Å². The fraction of sp³-hybridized carbons (Fsp3) is 0.929. The Kier molecular flexibility index (Phi) is 5.88. The molecular weight excluding hydrogens is 382 g/mol. The molecule has 0 aromatic carbocycles. The van der Waals surface area contributed by atoms with E-state index >= 15 is 0 Å². The minimum atomic E-state index is -0.541. The van der Waals surface area contributed by atoms with E-state index < -0.39 is 5.60 Å². The van der Waals surface area contributed by atoms with Crippen LogP contribution in [0.15, 0.2) is 11.6 Å². The van der Waals surface area contributed by atoms with Gasteiger partial charge in [0, 0.05) is 6.54 Å². The lowest BCUT2D eigenvalue weighted by Gasteiger charge is -2.59. The van der Waals surface area contributed by atoms with Gasteiger partial charge in [-0.05, 0) is 126 Å². The number of nitrogens with zero attached hydrogens (tertiary/aromatic N) is 1. The van der Waals surface area contributed by atoms with Gasteiger partial charge >= 0.3 is 0 Å². The third-order valence-electron chi connectivity index (χ3n) is 10.9. The molecule has 1 N–H and O–H groups in total. The van der Waals surface area contributed by atoms with Gasteiger partial charge in [-0.25, -0.2) is 0 Å². The van der Waals surface area contributed by atoms with Crippen molar-refractivity contribution in [2.45, 2.75) is 104 Å². The molecule has 0 spiro atoms. The average Bonchev–Trinajstić information content (AvgIpc) is 3.34. The maximum Gasteiger partial charge on any atom is 0.0625 e. The molecule has 7 unspecified atom stereocenters. The van der Waals surface area contributed by atoms with Crippen molar-refractivity contribution in [2.75, 3.05) is 26.2 Å². The van der Waals surface area contributed by atoms with Crippen LogP contribution in [0.5, 0.6) is 0 Å². The molecule has 3 saturated carbocycles. The summed E-state index contributed by atoms with van der Waals surface area (Å²) in [6.07, 6.45) is 16.0. The van der Waals surface area contributed by atoms with E-state index in [9.17, 15) is 5.11 Å². The van der Waals surface area contributed by atoms with Crippen molar-refractivity contribution in [2.24, 2.45) is 34.5 Å². The lowest BCUT2D eigenvalue weighted by molar-refractivity contribution is -0.0969. The van der Waals surface area contributed by atoms with Crippen molar-refractivity contribution < 1.29 is 9.84 Å². The number of hydrogen-bond acceptors (Lipinski definition) is 3. The molecule has 1 saturated heterocycles. The van der Waals surface area contributed by atoms with Gasteiger partial charge in [0.15, 0.2) is 0 Å². The van der Waals surface area contributed by atoms with Gasteiger partial charge in [0.25, 0.3) is 0 Å². The number of hydrogen-bond donors (Lipinski definition) is 1. The number of likely N-dealkylation sites (tertiary alicyclic amines) is 1. The summed E-state index contributed by atoms with van der Waals surface area (Å²) in [6.45, 7) is 13.8. The quantitative estimate of drug-likeness (QED) is 0.559. The molecule has 1 aliphatic heterocycles. The molecule has 4 fully saturated rings. The Morgan fingerprint density at radius 3 is 2.58 bits per heavy atom. The molecule has 0 bridgehead atoms. The predicted molar refractivity (Wildman–Crippen MR) is 127 cm³/mol. The monoisotopic (exact) mass is 429 g/mol. The summed E-state index contributed by atoms with van der Waals surface area (Å²) in [4.78, 5) is 2.57. The van der Waals surface area contributed by atoms with Gasteiger partial charge in [-0.3, -0.25) is 0 Å². The number of fused-ring (bicyclic) bond motifs is 5. The highest BCUT2D eigenvalue weighted by Crippen LogP contribution is 2.67. The van der Waals surface area contributed by atoms with Crippen LogP contribution in [0.2, 0.25) is 0 Å². The van der Waals surface area contributed by atoms with Crippen LogP contribution in [0.1, 0.15) is 91.9 Å². The highest BCUT2D eigenvalue weighted by Gasteiger charge is 2.60. The first-order chi connectivity index (χ1) is 14.7. The van der Waals surface area contributed by atoms with E-state index in [-0.39, 0.29) is 0 Å². The molecule has 0 aromatic heterocycles. The topological polar surface area (TPSA) is 32.7 Å². The standard InChI is InChI=1S/C28H47NO2/c1-26(2,30)25-10-9-23-22-8-7-20-19-21(31-18-17-29-15-5-6-16-29)11-13-27(20,3)24(22)12-14-28(23,25)4/h7,21-25,30H,5-6,8-19H2,1-4H3. The molecule has 5 aliphatic rings. The summed E-state index contributed by atoms with van der Waals surface area (Å²) in [5.41, 5.74) is 1.91. The number of aliphatic hydroxyl groups is 1. The van der Waals surface area contributed by atoms with Crippen LogP contribution in [0.4, 0.5) is 0 Å². The minimum absolute atomic E-state index is 0.330. The molecule has 3 nitrogen and oxygen atoms in total. The summed E-state index contributed by atoms with van der Waals surface area (Å²) < 4.78 is 6.40. The van der Waals surface area contributed by atoms with Crippen LogP contribution in [-0.2, 0) is 4.74 Å². The summed E-state index contributed by atoms with van der Waals surface area (Å²) >= 11 is 0. The Morgan fingerprint density at radius 1 is 1.06 bits per heavy atom. The van der Waals surface area contributed by atoms with E-state index in [1.54, 1.807) is 5.57 Å². The zero-order chi connectivity index (χ0) is 21.9. The Balaban J connectivity index is 1.25. The predicted octanol–water partition coefficient (Wildman–Crippen LogP) is 5.82. The molecule has 5 rings (SSSR count). The summed E-state index contributed by atoms with van der Waals surface area (Å²) in [5.74, 6) is 2.93.